The minimum absolute atomic E-state index is 0.403. The summed E-state index contributed by atoms with van der Waals surface area (Å²) < 4.78 is 0. The molecular weight excluding hydrogens is 222 g/mol. The number of halogens is 1. The predicted octanol–water partition coefficient (Wildman–Crippen LogP) is 2.86. The van der Waals surface area contributed by atoms with Crippen molar-refractivity contribution in [2.75, 3.05) is 13.6 Å². The second-order valence-electron chi connectivity index (χ2n) is 4.57. The highest BCUT2D eigenvalue weighted by molar-refractivity contribution is 6.30. The van der Waals surface area contributed by atoms with Gasteiger partial charge in [0.05, 0.1) is 6.10 Å². The van der Waals surface area contributed by atoms with Crippen LogP contribution in [0, 0.1) is 0 Å². The Morgan fingerprint density at radius 2 is 2.25 bits per heavy atom. The second-order valence-corrected chi connectivity index (χ2v) is 5.01. The lowest BCUT2D eigenvalue weighted by Gasteiger charge is -2.18. The first-order valence-corrected chi connectivity index (χ1v) is 6.18. The summed E-state index contributed by atoms with van der Waals surface area (Å²) in [5.74, 6) is 0. The van der Waals surface area contributed by atoms with Crippen molar-refractivity contribution in [2.45, 2.75) is 31.4 Å². The maximum Gasteiger partial charge on any atom is 0.0802 e. The summed E-state index contributed by atoms with van der Waals surface area (Å²) in [5, 5.41) is 10.7. The lowest BCUT2D eigenvalue weighted by Crippen LogP contribution is -2.23. The van der Waals surface area contributed by atoms with Crippen molar-refractivity contribution in [1.82, 2.24) is 4.90 Å². The van der Waals surface area contributed by atoms with Crippen LogP contribution in [0.2, 0.25) is 5.02 Å². The van der Waals surface area contributed by atoms with Crippen LogP contribution in [0.25, 0.3) is 0 Å². The van der Waals surface area contributed by atoms with E-state index in [4.69, 9.17) is 11.6 Å². The molecule has 1 N–H and O–H groups in total. The molecule has 1 fully saturated rings. The minimum Gasteiger partial charge on any atom is -0.388 e. The molecule has 1 atom stereocenters. The van der Waals surface area contributed by atoms with Gasteiger partial charge in [0.25, 0.3) is 0 Å². The van der Waals surface area contributed by atoms with Gasteiger partial charge >= 0.3 is 0 Å². The fourth-order valence-electron chi connectivity index (χ4n) is 1.90. The maximum atomic E-state index is 10.0. The first-order valence-electron chi connectivity index (χ1n) is 5.80. The molecule has 0 saturated heterocycles. The molecule has 88 valence electrons. The topological polar surface area (TPSA) is 23.5 Å². The Morgan fingerprint density at radius 1 is 1.50 bits per heavy atom. The zero-order valence-corrected chi connectivity index (χ0v) is 10.3. The molecule has 0 aliphatic heterocycles. The Hall–Kier alpha value is -0.570. The molecule has 2 rings (SSSR count). The smallest absolute Gasteiger partial charge is 0.0802 e. The Bertz CT molecular complexity index is 352. The van der Waals surface area contributed by atoms with Crippen molar-refractivity contribution in [3.63, 3.8) is 0 Å². The number of aliphatic hydroxyl groups is 1. The molecule has 2 nitrogen and oxygen atoms in total. The van der Waals surface area contributed by atoms with Crippen molar-refractivity contribution in [2.24, 2.45) is 0 Å². The number of hydrogen-bond donors (Lipinski definition) is 1. The van der Waals surface area contributed by atoms with E-state index in [0.717, 1.165) is 24.6 Å². The van der Waals surface area contributed by atoms with Gasteiger partial charge in [-0.05, 0) is 44.0 Å². The molecule has 1 saturated carbocycles. The molecule has 3 heteroatoms. The largest absolute Gasteiger partial charge is 0.388 e. The summed E-state index contributed by atoms with van der Waals surface area (Å²) in [4.78, 5) is 2.33. The van der Waals surface area contributed by atoms with Crippen molar-refractivity contribution in [3.8, 4) is 0 Å². The van der Waals surface area contributed by atoms with Crippen LogP contribution < -0.4 is 0 Å². The van der Waals surface area contributed by atoms with Crippen LogP contribution in [0.3, 0.4) is 0 Å². The van der Waals surface area contributed by atoms with Crippen LogP contribution in [0.15, 0.2) is 24.3 Å². The molecule has 1 aliphatic rings. The van der Waals surface area contributed by atoms with Gasteiger partial charge in [-0.1, -0.05) is 23.7 Å². The second kappa shape index (κ2) is 5.17. The Labute approximate surface area is 102 Å². The third-order valence-electron chi connectivity index (χ3n) is 3.16. The SMILES string of the molecule is CN(CCC(O)c1cccc(Cl)c1)C1CC1. The van der Waals surface area contributed by atoms with E-state index in [2.05, 4.69) is 11.9 Å². The number of nitrogens with zero attached hydrogens (tertiary/aromatic N) is 1. The molecule has 0 spiro atoms. The normalized spacial score (nSPS) is 17.8. The van der Waals surface area contributed by atoms with Gasteiger partial charge in [0.2, 0.25) is 0 Å². The predicted molar refractivity (Wildman–Crippen MR) is 66.7 cm³/mol. The van der Waals surface area contributed by atoms with Gasteiger partial charge in [-0.15, -0.1) is 0 Å². The molecule has 0 aromatic heterocycles. The van der Waals surface area contributed by atoms with Crippen LogP contribution in [0.4, 0.5) is 0 Å². The highest BCUT2D eigenvalue weighted by Crippen LogP contribution is 2.27. The van der Waals surface area contributed by atoms with E-state index in [1.807, 2.05) is 24.3 Å². The highest BCUT2D eigenvalue weighted by Gasteiger charge is 2.26. The van der Waals surface area contributed by atoms with Gasteiger partial charge in [0.1, 0.15) is 0 Å². The van der Waals surface area contributed by atoms with Crippen molar-refractivity contribution >= 4 is 11.6 Å². The third-order valence-corrected chi connectivity index (χ3v) is 3.39. The molecule has 1 unspecified atom stereocenters. The van der Waals surface area contributed by atoms with Crippen molar-refractivity contribution in [1.29, 1.82) is 0 Å². The van der Waals surface area contributed by atoms with E-state index in [1.165, 1.54) is 12.8 Å². The molecule has 0 bridgehead atoms. The van der Waals surface area contributed by atoms with Gasteiger partial charge in [0, 0.05) is 17.6 Å². The Morgan fingerprint density at radius 3 is 2.88 bits per heavy atom. The summed E-state index contributed by atoms with van der Waals surface area (Å²) in [6.07, 6.45) is 2.99. The van der Waals surface area contributed by atoms with Gasteiger partial charge < -0.3 is 10.0 Å². The average molecular weight is 240 g/mol. The third kappa shape index (κ3) is 3.21. The van der Waals surface area contributed by atoms with Gasteiger partial charge in [0.15, 0.2) is 0 Å². The monoisotopic (exact) mass is 239 g/mol. The van der Waals surface area contributed by atoms with Crippen LogP contribution in [-0.2, 0) is 0 Å². The van der Waals surface area contributed by atoms with Crippen LogP contribution in [0.1, 0.15) is 30.9 Å². The highest BCUT2D eigenvalue weighted by atomic mass is 35.5. The number of hydrogen-bond acceptors (Lipinski definition) is 2. The summed E-state index contributed by atoms with van der Waals surface area (Å²) >= 11 is 5.89. The lowest BCUT2D eigenvalue weighted by molar-refractivity contribution is 0.147. The molecule has 1 aromatic rings. The van der Waals surface area contributed by atoms with Crippen LogP contribution >= 0.6 is 11.6 Å². The molecule has 1 aliphatic carbocycles. The van der Waals surface area contributed by atoms with E-state index in [9.17, 15) is 5.11 Å². The van der Waals surface area contributed by atoms with Crippen LogP contribution in [0.5, 0.6) is 0 Å². The maximum absolute atomic E-state index is 10.0. The Balaban J connectivity index is 1.84. The van der Waals surface area contributed by atoms with E-state index in [1.54, 1.807) is 0 Å². The standard InChI is InChI=1S/C13H18ClNO/c1-15(12-5-6-12)8-7-13(16)10-3-2-4-11(14)9-10/h2-4,9,12-13,16H,5-8H2,1H3. The van der Waals surface area contributed by atoms with E-state index in [-0.39, 0.29) is 0 Å². The van der Waals surface area contributed by atoms with Gasteiger partial charge in [-0.2, -0.15) is 0 Å². The Kier molecular flexibility index (Phi) is 3.85. The number of rotatable bonds is 5. The summed E-state index contributed by atoms with van der Waals surface area (Å²) in [7, 11) is 2.13. The van der Waals surface area contributed by atoms with E-state index >= 15 is 0 Å². The first kappa shape index (κ1) is 11.9. The van der Waals surface area contributed by atoms with Crippen molar-refractivity contribution in [3.05, 3.63) is 34.9 Å². The quantitative estimate of drug-likeness (QED) is 0.854. The number of aliphatic hydroxyl groups excluding tert-OH is 1. The summed E-state index contributed by atoms with van der Waals surface area (Å²) in [6, 6.07) is 8.22. The van der Waals surface area contributed by atoms with Crippen molar-refractivity contribution < 1.29 is 5.11 Å². The van der Waals surface area contributed by atoms with Gasteiger partial charge in [-0.3, -0.25) is 0 Å². The average Bonchev–Trinajstić information content (AvgIpc) is 3.09. The molecule has 0 radical (unpaired) electrons. The molecule has 1 aromatic carbocycles. The van der Waals surface area contributed by atoms with Crippen LogP contribution in [-0.4, -0.2) is 29.6 Å². The van der Waals surface area contributed by atoms with E-state index in [0.29, 0.717) is 5.02 Å². The minimum atomic E-state index is -0.403. The lowest BCUT2D eigenvalue weighted by atomic mass is 10.1. The molecular formula is C13H18ClNO. The number of benzene rings is 1. The molecule has 16 heavy (non-hydrogen) atoms. The zero-order chi connectivity index (χ0) is 11.5. The molecule has 0 heterocycles. The fraction of sp³-hybridized carbons (Fsp3) is 0.538. The molecule has 0 amide bonds. The summed E-state index contributed by atoms with van der Waals surface area (Å²) in [5.41, 5.74) is 0.914. The van der Waals surface area contributed by atoms with Gasteiger partial charge in [-0.25, -0.2) is 0 Å². The fourth-order valence-corrected chi connectivity index (χ4v) is 2.10. The van der Waals surface area contributed by atoms with E-state index < -0.39 is 6.10 Å². The summed E-state index contributed by atoms with van der Waals surface area (Å²) in [6.45, 7) is 0.943. The first-order chi connectivity index (χ1) is 7.66. The zero-order valence-electron chi connectivity index (χ0n) is 9.56.